The lowest BCUT2D eigenvalue weighted by molar-refractivity contribution is -0.130. The Bertz CT molecular complexity index is 101. The predicted octanol–water partition coefficient (Wildman–Crippen LogP) is 0.285. The number of carbonyl (C=O) groups excluding carboxylic acids is 1. The van der Waals surface area contributed by atoms with Gasteiger partial charge < -0.3 is 10.5 Å². The summed E-state index contributed by atoms with van der Waals surface area (Å²) < 4.78 is 5.04. The van der Waals surface area contributed by atoms with E-state index < -0.39 is 12.0 Å². The molecule has 1 amide bonds. The summed E-state index contributed by atoms with van der Waals surface area (Å²) in [6, 6.07) is 0. The number of hydrogen-bond acceptors (Lipinski definition) is 2. The molecule has 0 aliphatic rings. The van der Waals surface area contributed by atoms with E-state index in [0.717, 1.165) is 0 Å². The SMILES string of the molecule is CC(C)O[C@@H](C)C(N)=O. The van der Waals surface area contributed by atoms with E-state index in [1.54, 1.807) is 6.92 Å². The largest absolute Gasteiger partial charge is 0.367 e. The van der Waals surface area contributed by atoms with Crippen LogP contribution in [0.2, 0.25) is 0 Å². The van der Waals surface area contributed by atoms with Crippen molar-refractivity contribution in [3.63, 3.8) is 0 Å². The van der Waals surface area contributed by atoms with Gasteiger partial charge in [0.1, 0.15) is 6.10 Å². The molecule has 0 aliphatic carbocycles. The van der Waals surface area contributed by atoms with E-state index in [1.807, 2.05) is 13.8 Å². The minimum atomic E-state index is -0.468. The molecule has 0 unspecified atom stereocenters. The van der Waals surface area contributed by atoms with E-state index in [4.69, 9.17) is 10.5 Å². The Labute approximate surface area is 55.2 Å². The van der Waals surface area contributed by atoms with Gasteiger partial charge in [0.25, 0.3) is 0 Å². The Morgan fingerprint density at radius 1 is 1.44 bits per heavy atom. The fourth-order valence-corrected chi connectivity index (χ4v) is 0.475. The molecule has 0 bridgehead atoms. The Morgan fingerprint density at radius 3 is 2.00 bits per heavy atom. The molecule has 0 saturated heterocycles. The molecule has 0 radical (unpaired) electrons. The van der Waals surface area contributed by atoms with Crippen molar-refractivity contribution in [1.29, 1.82) is 0 Å². The lowest BCUT2D eigenvalue weighted by Gasteiger charge is -2.11. The summed E-state index contributed by atoms with van der Waals surface area (Å²) >= 11 is 0. The summed E-state index contributed by atoms with van der Waals surface area (Å²) in [7, 11) is 0. The van der Waals surface area contributed by atoms with Crippen molar-refractivity contribution in [2.45, 2.75) is 33.0 Å². The summed E-state index contributed by atoms with van der Waals surface area (Å²) in [5, 5.41) is 0. The molecule has 0 aromatic rings. The van der Waals surface area contributed by atoms with Crippen molar-refractivity contribution in [1.82, 2.24) is 0 Å². The van der Waals surface area contributed by atoms with Gasteiger partial charge in [0, 0.05) is 0 Å². The van der Waals surface area contributed by atoms with Gasteiger partial charge in [-0.05, 0) is 20.8 Å². The zero-order valence-electron chi connectivity index (χ0n) is 6.05. The fraction of sp³-hybridized carbons (Fsp3) is 0.833. The maximum Gasteiger partial charge on any atom is 0.246 e. The number of primary amides is 1. The second-order valence-corrected chi connectivity index (χ2v) is 2.23. The first-order valence-corrected chi connectivity index (χ1v) is 2.98. The lowest BCUT2D eigenvalue weighted by Crippen LogP contribution is -2.30. The highest BCUT2D eigenvalue weighted by Crippen LogP contribution is 1.94. The molecule has 0 aromatic carbocycles. The van der Waals surface area contributed by atoms with E-state index in [2.05, 4.69) is 0 Å². The first-order valence-electron chi connectivity index (χ1n) is 2.98. The van der Waals surface area contributed by atoms with Gasteiger partial charge in [-0.3, -0.25) is 4.79 Å². The van der Waals surface area contributed by atoms with Crippen LogP contribution in [0, 0.1) is 0 Å². The zero-order chi connectivity index (χ0) is 7.44. The average molecular weight is 131 g/mol. The van der Waals surface area contributed by atoms with E-state index in [1.165, 1.54) is 0 Å². The van der Waals surface area contributed by atoms with E-state index in [0.29, 0.717) is 0 Å². The topological polar surface area (TPSA) is 52.3 Å². The van der Waals surface area contributed by atoms with Crippen molar-refractivity contribution in [3.8, 4) is 0 Å². The zero-order valence-corrected chi connectivity index (χ0v) is 6.05. The Morgan fingerprint density at radius 2 is 1.89 bits per heavy atom. The molecular weight excluding hydrogens is 118 g/mol. The Balaban J connectivity index is 3.50. The number of carbonyl (C=O) groups is 1. The Hall–Kier alpha value is -0.570. The van der Waals surface area contributed by atoms with Crippen LogP contribution >= 0.6 is 0 Å². The van der Waals surface area contributed by atoms with Crippen LogP contribution in [-0.2, 0) is 9.53 Å². The summed E-state index contributed by atoms with van der Waals surface area (Å²) in [6.45, 7) is 5.36. The molecule has 2 N–H and O–H groups in total. The van der Waals surface area contributed by atoms with Gasteiger partial charge in [0.05, 0.1) is 6.10 Å². The third kappa shape index (κ3) is 3.97. The maximum atomic E-state index is 10.3. The van der Waals surface area contributed by atoms with Crippen molar-refractivity contribution < 1.29 is 9.53 Å². The van der Waals surface area contributed by atoms with Crippen LogP contribution in [0.4, 0.5) is 0 Å². The highest BCUT2D eigenvalue weighted by atomic mass is 16.5. The van der Waals surface area contributed by atoms with Gasteiger partial charge in [0.15, 0.2) is 0 Å². The molecular formula is C6H13NO2. The van der Waals surface area contributed by atoms with E-state index >= 15 is 0 Å². The van der Waals surface area contributed by atoms with Crippen molar-refractivity contribution >= 4 is 5.91 Å². The first kappa shape index (κ1) is 8.43. The van der Waals surface area contributed by atoms with E-state index in [9.17, 15) is 4.79 Å². The molecule has 3 heteroatoms. The van der Waals surface area contributed by atoms with Crippen LogP contribution in [-0.4, -0.2) is 18.1 Å². The minimum absolute atomic E-state index is 0.0625. The van der Waals surface area contributed by atoms with E-state index in [-0.39, 0.29) is 6.10 Å². The number of hydrogen-bond donors (Lipinski definition) is 1. The van der Waals surface area contributed by atoms with Crippen molar-refractivity contribution in [2.24, 2.45) is 5.73 Å². The average Bonchev–Trinajstić information content (AvgIpc) is 1.63. The van der Waals surface area contributed by atoms with Crippen LogP contribution in [0.15, 0.2) is 0 Å². The van der Waals surface area contributed by atoms with Gasteiger partial charge in [-0.25, -0.2) is 0 Å². The standard InChI is InChI=1S/C6H13NO2/c1-4(2)9-5(3)6(7)8/h4-5H,1-3H3,(H2,7,8)/t5-/m0/s1. The monoisotopic (exact) mass is 131 g/mol. The summed E-state index contributed by atoms with van der Waals surface area (Å²) in [4.78, 5) is 10.3. The molecule has 54 valence electrons. The smallest absolute Gasteiger partial charge is 0.246 e. The second kappa shape index (κ2) is 3.45. The summed E-state index contributed by atoms with van der Waals surface area (Å²) in [5.74, 6) is -0.413. The van der Waals surface area contributed by atoms with Crippen LogP contribution in [0.3, 0.4) is 0 Å². The molecule has 0 aromatic heterocycles. The molecule has 0 fully saturated rings. The highest BCUT2D eigenvalue weighted by molar-refractivity contribution is 5.78. The molecule has 0 rings (SSSR count). The van der Waals surface area contributed by atoms with Gasteiger partial charge in [-0.15, -0.1) is 0 Å². The normalized spacial score (nSPS) is 13.8. The number of nitrogens with two attached hydrogens (primary N) is 1. The predicted molar refractivity (Wildman–Crippen MR) is 34.9 cm³/mol. The van der Waals surface area contributed by atoms with Crippen LogP contribution in [0.1, 0.15) is 20.8 Å². The van der Waals surface area contributed by atoms with Crippen molar-refractivity contribution in [2.75, 3.05) is 0 Å². The lowest BCUT2D eigenvalue weighted by atomic mass is 10.4. The Kier molecular flexibility index (Phi) is 3.24. The molecule has 0 saturated carbocycles. The molecule has 3 nitrogen and oxygen atoms in total. The van der Waals surface area contributed by atoms with Crippen LogP contribution in [0.5, 0.6) is 0 Å². The third-order valence-corrected chi connectivity index (χ3v) is 0.877. The molecule has 1 atom stereocenters. The third-order valence-electron chi connectivity index (χ3n) is 0.877. The maximum absolute atomic E-state index is 10.3. The van der Waals surface area contributed by atoms with Crippen LogP contribution < -0.4 is 5.73 Å². The first-order chi connectivity index (χ1) is 4.04. The summed E-state index contributed by atoms with van der Waals surface area (Å²) in [5.41, 5.74) is 4.92. The van der Waals surface area contributed by atoms with Gasteiger partial charge in [-0.2, -0.15) is 0 Å². The molecule has 0 heterocycles. The van der Waals surface area contributed by atoms with Crippen LogP contribution in [0.25, 0.3) is 0 Å². The molecule has 0 spiro atoms. The van der Waals surface area contributed by atoms with Crippen molar-refractivity contribution in [3.05, 3.63) is 0 Å². The van der Waals surface area contributed by atoms with Gasteiger partial charge in [-0.1, -0.05) is 0 Å². The summed E-state index contributed by atoms with van der Waals surface area (Å²) in [6.07, 6.45) is -0.405. The molecule has 0 aliphatic heterocycles. The number of amides is 1. The second-order valence-electron chi connectivity index (χ2n) is 2.23. The molecule has 9 heavy (non-hydrogen) atoms. The quantitative estimate of drug-likeness (QED) is 0.598. The minimum Gasteiger partial charge on any atom is -0.367 e. The number of rotatable bonds is 3. The highest BCUT2D eigenvalue weighted by Gasteiger charge is 2.09. The van der Waals surface area contributed by atoms with Gasteiger partial charge >= 0.3 is 0 Å². The fourth-order valence-electron chi connectivity index (χ4n) is 0.475. The van der Waals surface area contributed by atoms with Gasteiger partial charge in [0.2, 0.25) is 5.91 Å². The number of ether oxygens (including phenoxy) is 1.